The normalized spacial score (nSPS) is 16.6. The fraction of sp³-hybridized carbons (Fsp3) is 0.462. The molecule has 21 heavy (non-hydrogen) atoms. The van der Waals surface area contributed by atoms with Crippen molar-refractivity contribution < 1.29 is 14.9 Å². The van der Waals surface area contributed by atoms with Crippen LogP contribution in [0.1, 0.15) is 5.56 Å². The van der Waals surface area contributed by atoms with E-state index in [1.54, 1.807) is 17.6 Å². The van der Waals surface area contributed by atoms with Gasteiger partial charge in [0.2, 0.25) is 0 Å². The number of nitrogens with zero attached hydrogens (tertiary/aromatic N) is 3. The minimum Gasteiger partial charge on any atom is -0.297 e. The molecule has 1 aliphatic rings. The first kappa shape index (κ1) is 15.4. The smallest absolute Gasteiger partial charge is 0.269 e. The lowest BCUT2D eigenvalue weighted by molar-refractivity contribution is -0.384. The van der Waals surface area contributed by atoms with Gasteiger partial charge in [-0.25, -0.2) is 5.48 Å². The molecule has 1 aliphatic heterocycles. The van der Waals surface area contributed by atoms with Crippen LogP contribution in [0, 0.1) is 10.1 Å². The van der Waals surface area contributed by atoms with E-state index in [2.05, 4.69) is 4.90 Å². The summed E-state index contributed by atoms with van der Waals surface area (Å²) >= 11 is 0. The molecular formula is C13H18N4O4. The molecular weight excluding hydrogens is 276 g/mol. The lowest BCUT2D eigenvalue weighted by atomic mass is 10.1. The molecule has 8 nitrogen and oxygen atoms in total. The molecule has 8 heteroatoms. The van der Waals surface area contributed by atoms with E-state index in [-0.39, 0.29) is 12.2 Å². The Morgan fingerprint density at radius 2 is 1.95 bits per heavy atom. The highest BCUT2D eigenvalue weighted by Gasteiger charge is 2.19. The average Bonchev–Trinajstić information content (AvgIpc) is 2.49. The molecule has 0 saturated carbocycles. The number of piperazine rings is 1. The van der Waals surface area contributed by atoms with Gasteiger partial charge < -0.3 is 0 Å². The van der Waals surface area contributed by atoms with Gasteiger partial charge in [0.25, 0.3) is 11.6 Å². The van der Waals surface area contributed by atoms with E-state index >= 15 is 0 Å². The Bertz CT molecular complexity index is 515. The summed E-state index contributed by atoms with van der Waals surface area (Å²) in [4.78, 5) is 25.6. The summed E-state index contributed by atoms with van der Waals surface area (Å²) in [6.45, 7) is 3.84. The van der Waals surface area contributed by atoms with Crippen molar-refractivity contribution in [3.8, 4) is 0 Å². The van der Waals surface area contributed by atoms with E-state index in [9.17, 15) is 14.9 Å². The number of carbonyl (C=O) groups is 1. The third-order valence-corrected chi connectivity index (χ3v) is 3.48. The minimum atomic E-state index is -0.415. The largest absolute Gasteiger partial charge is 0.297 e. The van der Waals surface area contributed by atoms with E-state index in [4.69, 9.17) is 5.21 Å². The van der Waals surface area contributed by atoms with Gasteiger partial charge in [-0.3, -0.25) is 29.9 Å². The molecule has 0 aliphatic carbocycles. The Labute approximate surface area is 122 Å². The summed E-state index contributed by atoms with van der Waals surface area (Å²) in [6, 6.07) is 6.63. The first-order chi connectivity index (χ1) is 10.1. The maximum atomic E-state index is 11.1. The zero-order valence-corrected chi connectivity index (χ0v) is 11.6. The second-order valence-electron chi connectivity index (χ2n) is 5.01. The fourth-order valence-corrected chi connectivity index (χ4v) is 2.37. The summed E-state index contributed by atoms with van der Waals surface area (Å²) < 4.78 is 0. The van der Waals surface area contributed by atoms with Crippen molar-refractivity contribution in [2.24, 2.45) is 0 Å². The number of rotatable bonds is 5. The number of non-ortho nitro benzene ring substituents is 1. The first-order valence-corrected chi connectivity index (χ1v) is 6.69. The lowest BCUT2D eigenvalue weighted by Crippen LogP contribution is -2.48. The van der Waals surface area contributed by atoms with Crippen molar-refractivity contribution in [3.05, 3.63) is 39.9 Å². The number of hydrogen-bond acceptors (Lipinski definition) is 6. The number of nitro groups is 1. The predicted molar refractivity (Wildman–Crippen MR) is 74.7 cm³/mol. The average molecular weight is 294 g/mol. The molecule has 1 aromatic rings. The lowest BCUT2D eigenvalue weighted by Gasteiger charge is -2.34. The zero-order valence-electron chi connectivity index (χ0n) is 11.6. The van der Waals surface area contributed by atoms with Crippen molar-refractivity contribution in [2.45, 2.75) is 6.54 Å². The molecule has 0 spiro atoms. The Morgan fingerprint density at radius 3 is 2.57 bits per heavy atom. The van der Waals surface area contributed by atoms with Gasteiger partial charge in [-0.1, -0.05) is 12.1 Å². The second kappa shape index (κ2) is 7.11. The molecule has 1 fully saturated rings. The summed E-state index contributed by atoms with van der Waals surface area (Å²) in [5.74, 6) is -0.415. The molecule has 0 radical (unpaired) electrons. The molecule has 1 aromatic carbocycles. The molecule has 1 heterocycles. The number of nitro benzene ring substituents is 1. The van der Waals surface area contributed by atoms with Gasteiger partial charge in [-0.05, 0) is 5.56 Å². The molecule has 0 aromatic heterocycles. The van der Waals surface area contributed by atoms with E-state index < -0.39 is 10.8 Å². The van der Waals surface area contributed by atoms with E-state index in [1.807, 2.05) is 11.0 Å². The summed E-state index contributed by atoms with van der Waals surface area (Å²) in [5, 5.41) is 19.2. The van der Waals surface area contributed by atoms with Crippen molar-refractivity contribution in [2.75, 3.05) is 32.7 Å². The number of nitrogens with one attached hydrogen (secondary N) is 1. The van der Waals surface area contributed by atoms with Crippen LogP contribution in [-0.4, -0.2) is 58.6 Å². The van der Waals surface area contributed by atoms with Crippen LogP contribution in [0.15, 0.2) is 24.3 Å². The number of amides is 1. The second-order valence-corrected chi connectivity index (χ2v) is 5.01. The third-order valence-electron chi connectivity index (χ3n) is 3.48. The van der Waals surface area contributed by atoms with Gasteiger partial charge in [-0.2, -0.15) is 0 Å². The van der Waals surface area contributed by atoms with Gasteiger partial charge in [-0.15, -0.1) is 0 Å². The van der Waals surface area contributed by atoms with Crippen LogP contribution in [0.25, 0.3) is 0 Å². The van der Waals surface area contributed by atoms with E-state index in [0.717, 1.165) is 31.7 Å². The number of benzene rings is 1. The van der Waals surface area contributed by atoms with Crippen molar-refractivity contribution >= 4 is 11.6 Å². The molecule has 2 rings (SSSR count). The van der Waals surface area contributed by atoms with Crippen LogP contribution in [0.2, 0.25) is 0 Å². The van der Waals surface area contributed by atoms with Gasteiger partial charge >= 0.3 is 0 Å². The van der Waals surface area contributed by atoms with Crippen LogP contribution >= 0.6 is 0 Å². The topological polar surface area (TPSA) is 99.0 Å². The van der Waals surface area contributed by atoms with Crippen LogP contribution in [0.3, 0.4) is 0 Å². The Kier molecular flexibility index (Phi) is 5.20. The maximum Gasteiger partial charge on any atom is 0.269 e. The highest BCUT2D eigenvalue weighted by atomic mass is 16.6. The highest BCUT2D eigenvalue weighted by molar-refractivity contribution is 5.76. The quantitative estimate of drug-likeness (QED) is 0.458. The molecule has 0 bridgehead atoms. The van der Waals surface area contributed by atoms with Gasteiger partial charge in [0.05, 0.1) is 11.5 Å². The monoisotopic (exact) mass is 294 g/mol. The van der Waals surface area contributed by atoms with Gasteiger partial charge in [0.1, 0.15) is 0 Å². The van der Waals surface area contributed by atoms with Gasteiger partial charge in [0, 0.05) is 44.9 Å². The molecule has 2 N–H and O–H groups in total. The number of hydroxylamine groups is 1. The first-order valence-electron chi connectivity index (χ1n) is 6.69. The fourth-order valence-electron chi connectivity index (χ4n) is 2.37. The molecule has 1 saturated heterocycles. The van der Waals surface area contributed by atoms with Crippen LogP contribution in [-0.2, 0) is 11.3 Å². The van der Waals surface area contributed by atoms with Crippen molar-refractivity contribution in [1.29, 1.82) is 0 Å². The Hall–Kier alpha value is -2.03. The summed E-state index contributed by atoms with van der Waals surface area (Å²) in [6.07, 6.45) is 0. The highest BCUT2D eigenvalue weighted by Crippen LogP contribution is 2.15. The van der Waals surface area contributed by atoms with Gasteiger partial charge in [0.15, 0.2) is 0 Å². The van der Waals surface area contributed by atoms with Crippen LogP contribution in [0.5, 0.6) is 0 Å². The zero-order chi connectivity index (χ0) is 15.2. The Balaban J connectivity index is 1.84. The number of hydrogen-bond donors (Lipinski definition) is 2. The van der Waals surface area contributed by atoms with Crippen molar-refractivity contribution in [1.82, 2.24) is 15.3 Å². The van der Waals surface area contributed by atoms with Crippen LogP contribution in [0.4, 0.5) is 5.69 Å². The maximum absolute atomic E-state index is 11.1. The number of carbonyl (C=O) groups excluding carboxylic acids is 1. The van der Waals surface area contributed by atoms with E-state index in [1.165, 1.54) is 6.07 Å². The molecule has 114 valence electrons. The molecule has 0 unspecified atom stereocenters. The SMILES string of the molecule is O=C(CN1CCN(Cc2cccc([N+](=O)[O-])c2)CC1)NO. The Morgan fingerprint density at radius 1 is 1.29 bits per heavy atom. The van der Waals surface area contributed by atoms with E-state index in [0.29, 0.717) is 6.54 Å². The minimum absolute atomic E-state index is 0.103. The molecule has 1 amide bonds. The summed E-state index contributed by atoms with van der Waals surface area (Å²) in [5.41, 5.74) is 2.63. The summed E-state index contributed by atoms with van der Waals surface area (Å²) in [7, 11) is 0. The van der Waals surface area contributed by atoms with Crippen LogP contribution < -0.4 is 5.48 Å². The molecule has 0 atom stereocenters. The predicted octanol–water partition coefficient (Wildman–Crippen LogP) is 0.218. The third kappa shape index (κ3) is 4.48. The standard InChI is InChI=1S/C13H18N4O4/c18-13(14-19)10-16-6-4-15(5-7-16)9-11-2-1-3-12(8-11)17(20)21/h1-3,8,19H,4-7,9-10H2,(H,14,18). The van der Waals surface area contributed by atoms with Crippen molar-refractivity contribution in [3.63, 3.8) is 0 Å².